The predicted molar refractivity (Wildman–Crippen MR) is 165 cm³/mol. The minimum Gasteiger partial charge on any atom is -0.444 e. The van der Waals surface area contributed by atoms with Gasteiger partial charge < -0.3 is 19.9 Å². The van der Waals surface area contributed by atoms with Gasteiger partial charge in [-0.15, -0.1) is 0 Å². The molecule has 0 unspecified atom stereocenters. The number of halogens is 1. The number of amides is 1. The SMILES string of the molecule is CCN(CC)c1nc2ccc(-c3nc(Nc4ccc(CN5CCN(C(=O)OC(C)(C)C)CC5)cn4)ncc3F)cc2s1. The topological polar surface area (TPSA) is 99.6 Å². The molecule has 12 heteroatoms. The molecule has 5 rings (SSSR count). The van der Waals surface area contributed by atoms with Gasteiger partial charge in [-0.3, -0.25) is 4.90 Å². The summed E-state index contributed by atoms with van der Waals surface area (Å²) in [7, 11) is 0. The number of hydrogen-bond acceptors (Lipinski definition) is 10. The highest BCUT2D eigenvalue weighted by atomic mass is 32.1. The highest BCUT2D eigenvalue weighted by Crippen LogP contribution is 2.33. The number of ether oxygens (including phenoxy) is 1. The number of piperazine rings is 1. The van der Waals surface area contributed by atoms with Crippen molar-refractivity contribution in [3.63, 3.8) is 0 Å². The van der Waals surface area contributed by atoms with Gasteiger partial charge in [0.25, 0.3) is 0 Å². The molecule has 1 aliphatic rings. The van der Waals surface area contributed by atoms with Gasteiger partial charge in [-0.1, -0.05) is 23.5 Å². The molecule has 0 spiro atoms. The van der Waals surface area contributed by atoms with Crippen LogP contribution in [0.4, 0.5) is 26.1 Å². The van der Waals surface area contributed by atoms with Crippen LogP contribution in [0.5, 0.6) is 0 Å². The summed E-state index contributed by atoms with van der Waals surface area (Å²) in [6.07, 6.45) is 2.71. The summed E-state index contributed by atoms with van der Waals surface area (Å²) in [6.45, 7) is 15.1. The summed E-state index contributed by atoms with van der Waals surface area (Å²) < 4.78 is 21.3. The van der Waals surface area contributed by atoms with E-state index in [0.29, 0.717) is 24.5 Å². The molecule has 222 valence electrons. The number of nitrogens with one attached hydrogen (secondary N) is 1. The summed E-state index contributed by atoms with van der Waals surface area (Å²) in [5.74, 6) is 0.328. The predicted octanol–water partition coefficient (Wildman–Crippen LogP) is 5.93. The van der Waals surface area contributed by atoms with E-state index in [2.05, 4.69) is 43.9 Å². The molecule has 3 aromatic heterocycles. The summed E-state index contributed by atoms with van der Waals surface area (Å²) in [5, 5.41) is 4.05. The molecule has 0 bridgehead atoms. The van der Waals surface area contributed by atoms with Crippen LogP contribution in [0.15, 0.2) is 42.7 Å². The van der Waals surface area contributed by atoms with E-state index in [0.717, 1.165) is 53.6 Å². The van der Waals surface area contributed by atoms with E-state index < -0.39 is 11.4 Å². The molecule has 0 saturated carbocycles. The largest absolute Gasteiger partial charge is 0.444 e. The van der Waals surface area contributed by atoms with Crippen molar-refractivity contribution in [2.75, 3.05) is 49.5 Å². The van der Waals surface area contributed by atoms with Crippen molar-refractivity contribution >= 4 is 44.5 Å². The lowest BCUT2D eigenvalue weighted by Crippen LogP contribution is -2.49. The van der Waals surface area contributed by atoms with Gasteiger partial charge in [-0.05, 0) is 58.4 Å². The van der Waals surface area contributed by atoms with Crippen molar-refractivity contribution in [2.45, 2.75) is 46.8 Å². The molecule has 1 N–H and O–H groups in total. The molecule has 0 radical (unpaired) electrons. The molecule has 0 atom stereocenters. The van der Waals surface area contributed by atoms with Gasteiger partial charge in [0.2, 0.25) is 5.95 Å². The van der Waals surface area contributed by atoms with Gasteiger partial charge in [0, 0.05) is 57.6 Å². The number of hydrogen-bond donors (Lipinski definition) is 1. The van der Waals surface area contributed by atoms with E-state index in [1.807, 2.05) is 51.1 Å². The Morgan fingerprint density at radius 1 is 1.05 bits per heavy atom. The van der Waals surface area contributed by atoms with Gasteiger partial charge in [-0.25, -0.2) is 29.1 Å². The van der Waals surface area contributed by atoms with Gasteiger partial charge in [0.1, 0.15) is 17.1 Å². The molecule has 1 saturated heterocycles. The summed E-state index contributed by atoms with van der Waals surface area (Å²) in [5.41, 5.74) is 2.31. The second kappa shape index (κ2) is 12.5. The van der Waals surface area contributed by atoms with E-state index in [1.165, 1.54) is 6.20 Å². The van der Waals surface area contributed by atoms with Crippen LogP contribution in [0.25, 0.3) is 21.5 Å². The maximum Gasteiger partial charge on any atom is 0.410 e. The van der Waals surface area contributed by atoms with E-state index in [9.17, 15) is 9.18 Å². The molecule has 1 aromatic carbocycles. The maximum absolute atomic E-state index is 14.8. The summed E-state index contributed by atoms with van der Waals surface area (Å²) >= 11 is 1.59. The van der Waals surface area contributed by atoms with Crippen LogP contribution in [-0.4, -0.2) is 80.7 Å². The van der Waals surface area contributed by atoms with Crippen LogP contribution in [0.3, 0.4) is 0 Å². The fourth-order valence-corrected chi connectivity index (χ4v) is 5.83. The van der Waals surface area contributed by atoms with Crippen LogP contribution in [0.1, 0.15) is 40.2 Å². The number of carbonyl (C=O) groups is 1. The van der Waals surface area contributed by atoms with Gasteiger partial charge in [0.05, 0.1) is 16.4 Å². The third kappa shape index (κ3) is 7.11. The van der Waals surface area contributed by atoms with Crippen molar-refractivity contribution in [1.82, 2.24) is 29.7 Å². The summed E-state index contributed by atoms with van der Waals surface area (Å²) in [6, 6.07) is 9.52. The Bertz CT molecular complexity index is 1530. The Hall–Kier alpha value is -3.90. The molecular weight excluding hydrogens is 555 g/mol. The quantitative estimate of drug-likeness (QED) is 0.267. The van der Waals surface area contributed by atoms with Crippen molar-refractivity contribution in [3.8, 4) is 11.3 Å². The third-order valence-corrected chi connectivity index (χ3v) is 8.00. The molecule has 1 aliphatic heterocycles. The number of fused-ring (bicyclic) bond motifs is 1. The van der Waals surface area contributed by atoms with E-state index in [1.54, 1.807) is 22.4 Å². The fraction of sp³-hybridized carbons (Fsp3) is 0.433. The third-order valence-electron chi connectivity index (χ3n) is 6.92. The summed E-state index contributed by atoms with van der Waals surface area (Å²) in [4.78, 5) is 36.4. The average Bonchev–Trinajstić information content (AvgIpc) is 3.38. The van der Waals surface area contributed by atoms with E-state index in [4.69, 9.17) is 9.72 Å². The Morgan fingerprint density at radius 3 is 2.48 bits per heavy atom. The van der Waals surface area contributed by atoms with Crippen LogP contribution in [0, 0.1) is 5.82 Å². The van der Waals surface area contributed by atoms with Crippen molar-refractivity contribution in [1.29, 1.82) is 0 Å². The minimum atomic E-state index is -0.498. The zero-order valence-electron chi connectivity index (χ0n) is 24.7. The minimum absolute atomic E-state index is 0.217. The molecule has 42 heavy (non-hydrogen) atoms. The lowest BCUT2D eigenvalue weighted by atomic mass is 10.1. The number of anilines is 3. The molecule has 0 aliphatic carbocycles. The second-order valence-electron chi connectivity index (χ2n) is 11.2. The zero-order valence-corrected chi connectivity index (χ0v) is 25.5. The number of pyridine rings is 1. The van der Waals surface area contributed by atoms with Crippen LogP contribution >= 0.6 is 11.3 Å². The standard InChI is InChI=1S/C30H37FN8O2S/c1-6-38(7-2)28-34-23-10-9-21(16-24(23)42-28)26-22(31)18-33-27(36-26)35-25-11-8-20(17-32-25)19-37-12-14-39(15-13-37)29(40)41-30(3,4)5/h8-11,16-18H,6-7,12-15,19H2,1-5H3,(H,32,33,35,36). The Balaban J connectivity index is 1.21. The highest BCUT2D eigenvalue weighted by molar-refractivity contribution is 7.22. The number of benzene rings is 1. The van der Waals surface area contributed by atoms with Crippen molar-refractivity contribution in [3.05, 3.63) is 54.1 Å². The van der Waals surface area contributed by atoms with Crippen molar-refractivity contribution in [2.24, 2.45) is 0 Å². The average molecular weight is 593 g/mol. The van der Waals surface area contributed by atoms with Gasteiger partial charge in [-0.2, -0.15) is 0 Å². The lowest BCUT2D eigenvalue weighted by molar-refractivity contribution is 0.0139. The van der Waals surface area contributed by atoms with E-state index in [-0.39, 0.29) is 17.7 Å². The fourth-order valence-electron chi connectivity index (χ4n) is 4.70. The maximum atomic E-state index is 14.8. The molecule has 10 nitrogen and oxygen atoms in total. The molecule has 1 amide bonds. The van der Waals surface area contributed by atoms with E-state index >= 15 is 0 Å². The lowest BCUT2D eigenvalue weighted by Gasteiger charge is -2.35. The van der Waals surface area contributed by atoms with Crippen LogP contribution in [-0.2, 0) is 11.3 Å². The Labute approximate surface area is 249 Å². The number of thiazole rings is 1. The Morgan fingerprint density at radius 2 is 1.81 bits per heavy atom. The first-order chi connectivity index (χ1) is 20.1. The number of aromatic nitrogens is 4. The monoisotopic (exact) mass is 592 g/mol. The molecular formula is C30H37FN8O2S. The first-order valence-corrected chi connectivity index (χ1v) is 15.0. The second-order valence-corrected chi connectivity index (χ2v) is 12.2. The first-order valence-electron chi connectivity index (χ1n) is 14.2. The molecule has 4 heterocycles. The van der Waals surface area contributed by atoms with Crippen molar-refractivity contribution < 1.29 is 13.9 Å². The highest BCUT2D eigenvalue weighted by Gasteiger charge is 2.26. The number of rotatable bonds is 8. The molecule has 1 fully saturated rings. The first kappa shape index (κ1) is 29.6. The number of carbonyl (C=O) groups excluding carboxylic acids is 1. The van der Waals surface area contributed by atoms with Crippen LogP contribution < -0.4 is 10.2 Å². The Kier molecular flexibility index (Phi) is 8.83. The zero-order chi connectivity index (χ0) is 29.9. The smallest absolute Gasteiger partial charge is 0.410 e. The molecule has 4 aromatic rings. The van der Waals surface area contributed by atoms with Gasteiger partial charge >= 0.3 is 6.09 Å². The van der Waals surface area contributed by atoms with Gasteiger partial charge in [0.15, 0.2) is 10.9 Å². The number of nitrogens with zero attached hydrogens (tertiary/aromatic N) is 7. The normalized spacial score (nSPS) is 14.3. The van der Waals surface area contributed by atoms with Crippen LogP contribution in [0.2, 0.25) is 0 Å².